The van der Waals surface area contributed by atoms with Crippen molar-refractivity contribution in [2.75, 3.05) is 32.7 Å². The van der Waals surface area contributed by atoms with Gasteiger partial charge >= 0.3 is 0 Å². The van der Waals surface area contributed by atoms with Gasteiger partial charge in [0.2, 0.25) is 10.0 Å². The third-order valence-corrected chi connectivity index (χ3v) is 6.42. The Hall–Kier alpha value is -2.58. The summed E-state index contributed by atoms with van der Waals surface area (Å²) in [5, 5.41) is 3.64. The maximum absolute atomic E-state index is 12.5. The molecule has 1 saturated heterocycles. The monoisotopic (exact) mass is 415 g/mol. The molecule has 0 spiro atoms. The molecule has 2 aromatic rings. The van der Waals surface area contributed by atoms with E-state index < -0.39 is 10.0 Å². The van der Waals surface area contributed by atoms with Crippen molar-refractivity contribution in [3.8, 4) is 11.5 Å². The van der Waals surface area contributed by atoms with E-state index in [4.69, 9.17) is 10.3 Å². The SMILES string of the molecule is [N-]=[N+]=NCC1CCN(CCNS(=O)(=O)c2ccc(Oc3ccccc3)cc2)CC1. The lowest BCUT2D eigenvalue weighted by Crippen LogP contribution is -2.40. The highest BCUT2D eigenvalue weighted by molar-refractivity contribution is 7.89. The minimum absolute atomic E-state index is 0.214. The van der Waals surface area contributed by atoms with Crippen molar-refractivity contribution < 1.29 is 13.2 Å². The number of benzene rings is 2. The van der Waals surface area contributed by atoms with Crippen LogP contribution in [0.4, 0.5) is 0 Å². The molecule has 9 heteroatoms. The first kappa shape index (κ1) is 21.1. The highest BCUT2D eigenvalue weighted by Gasteiger charge is 2.19. The van der Waals surface area contributed by atoms with Crippen LogP contribution in [-0.4, -0.2) is 46.0 Å². The molecule has 1 aliphatic heterocycles. The Balaban J connectivity index is 1.45. The van der Waals surface area contributed by atoms with Gasteiger partial charge in [-0.2, -0.15) is 0 Å². The molecule has 29 heavy (non-hydrogen) atoms. The van der Waals surface area contributed by atoms with E-state index >= 15 is 0 Å². The smallest absolute Gasteiger partial charge is 0.240 e. The van der Waals surface area contributed by atoms with Crippen LogP contribution in [0, 0.1) is 5.92 Å². The van der Waals surface area contributed by atoms with E-state index in [1.54, 1.807) is 24.3 Å². The van der Waals surface area contributed by atoms with Gasteiger partial charge in [0.05, 0.1) is 4.90 Å². The summed E-state index contributed by atoms with van der Waals surface area (Å²) in [5.74, 6) is 1.71. The molecule has 8 nitrogen and oxygen atoms in total. The fourth-order valence-electron chi connectivity index (χ4n) is 3.28. The number of likely N-dealkylation sites (tertiary alicyclic amines) is 1. The number of nitrogens with one attached hydrogen (secondary N) is 1. The van der Waals surface area contributed by atoms with Crippen molar-refractivity contribution in [3.63, 3.8) is 0 Å². The van der Waals surface area contributed by atoms with Gasteiger partial charge in [0.25, 0.3) is 0 Å². The second kappa shape index (κ2) is 10.3. The predicted octanol–water partition coefficient (Wildman–Crippen LogP) is 3.78. The highest BCUT2D eigenvalue weighted by Crippen LogP contribution is 2.22. The Morgan fingerprint density at radius 2 is 1.72 bits per heavy atom. The van der Waals surface area contributed by atoms with Crippen LogP contribution in [0.5, 0.6) is 11.5 Å². The Bertz CT molecular complexity index is 920. The summed E-state index contributed by atoms with van der Waals surface area (Å²) < 4.78 is 33.3. The minimum Gasteiger partial charge on any atom is -0.457 e. The zero-order chi connectivity index (χ0) is 20.5. The van der Waals surface area contributed by atoms with Crippen LogP contribution in [-0.2, 0) is 10.0 Å². The Kier molecular flexibility index (Phi) is 7.48. The number of ether oxygens (including phenoxy) is 1. The first-order valence-electron chi connectivity index (χ1n) is 9.63. The number of para-hydroxylation sites is 1. The summed E-state index contributed by atoms with van der Waals surface area (Å²) in [6.07, 6.45) is 1.93. The summed E-state index contributed by atoms with van der Waals surface area (Å²) in [7, 11) is -3.56. The molecular weight excluding hydrogens is 390 g/mol. The lowest BCUT2D eigenvalue weighted by atomic mass is 9.97. The molecule has 3 rings (SSSR count). The van der Waals surface area contributed by atoms with Crippen LogP contribution in [0.25, 0.3) is 10.4 Å². The number of azide groups is 1. The standard InChI is InChI=1S/C20H25N5O3S/c21-24-22-16-17-10-13-25(14-11-17)15-12-23-29(26,27)20-8-6-19(7-9-20)28-18-4-2-1-3-5-18/h1-9,17,23H,10-16H2. The first-order chi connectivity index (χ1) is 14.1. The molecule has 1 N–H and O–H groups in total. The number of hydrogen-bond donors (Lipinski definition) is 1. The molecule has 2 aromatic carbocycles. The molecule has 1 heterocycles. The summed E-state index contributed by atoms with van der Waals surface area (Å²) >= 11 is 0. The lowest BCUT2D eigenvalue weighted by Gasteiger charge is -2.31. The third-order valence-electron chi connectivity index (χ3n) is 4.94. The van der Waals surface area contributed by atoms with E-state index in [9.17, 15) is 8.42 Å². The van der Waals surface area contributed by atoms with E-state index in [1.807, 2.05) is 30.3 Å². The number of sulfonamides is 1. The summed E-state index contributed by atoms with van der Waals surface area (Å²) in [5.41, 5.74) is 8.39. The molecular formula is C20H25N5O3S. The Morgan fingerprint density at radius 1 is 1.07 bits per heavy atom. The van der Waals surface area contributed by atoms with E-state index in [-0.39, 0.29) is 4.90 Å². The normalized spacial score (nSPS) is 15.6. The van der Waals surface area contributed by atoms with Crippen molar-refractivity contribution in [1.29, 1.82) is 0 Å². The van der Waals surface area contributed by atoms with Crippen molar-refractivity contribution in [2.45, 2.75) is 17.7 Å². The molecule has 0 amide bonds. The average Bonchev–Trinajstić information content (AvgIpc) is 2.74. The molecule has 0 unspecified atom stereocenters. The molecule has 0 saturated carbocycles. The molecule has 0 aromatic heterocycles. The van der Waals surface area contributed by atoms with Crippen LogP contribution in [0.2, 0.25) is 0 Å². The predicted molar refractivity (Wildman–Crippen MR) is 111 cm³/mol. The van der Waals surface area contributed by atoms with E-state index in [0.29, 0.717) is 37.1 Å². The quantitative estimate of drug-likeness (QED) is 0.382. The van der Waals surface area contributed by atoms with Gasteiger partial charge in [-0.25, -0.2) is 13.1 Å². The summed E-state index contributed by atoms with van der Waals surface area (Å²) in [6, 6.07) is 15.7. The van der Waals surface area contributed by atoms with Gasteiger partial charge < -0.3 is 9.64 Å². The third kappa shape index (κ3) is 6.47. The van der Waals surface area contributed by atoms with Gasteiger partial charge in [0, 0.05) is 24.5 Å². The molecule has 0 radical (unpaired) electrons. The van der Waals surface area contributed by atoms with Gasteiger partial charge in [-0.3, -0.25) is 0 Å². The van der Waals surface area contributed by atoms with Gasteiger partial charge in [0.1, 0.15) is 11.5 Å². The van der Waals surface area contributed by atoms with Crippen molar-refractivity contribution in [1.82, 2.24) is 9.62 Å². The lowest BCUT2D eigenvalue weighted by molar-refractivity contribution is 0.190. The largest absolute Gasteiger partial charge is 0.457 e. The maximum Gasteiger partial charge on any atom is 0.240 e. The highest BCUT2D eigenvalue weighted by atomic mass is 32.2. The molecule has 1 aliphatic rings. The number of rotatable bonds is 9. The molecule has 0 atom stereocenters. The van der Waals surface area contributed by atoms with Crippen LogP contribution in [0.1, 0.15) is 12.8 Å². The van der Waals surface area contributed by atoms with Crippen LogP contribution in [0.15, 0.2) is 64.6 Å². The van der Waals surface area contributed by atoms with Crippen LogP contribution in [0.3, 0.4) is 0 Å². The van der Waals surface area contributed by atoms with Gasteiger partial charge in [0.15, 0.2) is 0 Å². The number of piperidine rings is 1. The van der Waals surface area contributed by atoms with Gasteiger partial charge in [-0.1, -0.05) is 23.3 Å². The topological polar surface area (TPSA) is 107 Å². The summed E-state index contributed by atoms with van der Waals surface area (Å²) in [4.78, 5) is 5.25. The molecule has 154 valence electrons. The first-order valence-corrected chi connectivity index (χ1v) is 11.1. The average molecular weight is 416 g/mol. The molecule has 0 aliphatic carbocycles. The van der Waals surface area contributed by atoms with Crippen LogP contribution >= 0.6 is 0 Å². The summed E-state index contributed by atoms with van der Waals surface area (Å²) in [6.45, 7) is 3.33. The van der Waals surface area contributed by atoms with Crippen molar-refractivity contribution in [2.24, 2.45) is 11.0 Å². The van der Waals surface area contributed by atoms with Gasteiger partial charge in [-0.05, 0) is 73.8 Å². The second-order valence-corrected chi connectivity index (χ2v) is 8.75. The van der Waals surface area contributed by atoms with E-state index in [1.165, 1.54) is 0 Å². The maximum atomic E-state index is 12.5. The van der Waals surface area contributed by atoms with E-state index in [0.717, 1.165) is 25.9 Å². The van der Waals surface area contributed by atoms with Gasteiger partial charge in [-0.15, -0.1) is 0 Å². The number of hydrogen-bond acceptors (Lipinski definition) is 5. The zero-order valence-corrected chi connectivity index (χ0v) is 17.0. The Labute approximate surface area is 171 Å². The fourth-order valence-corrected chi connectivity index (χ4v) is 4.30. The second-order valence-electron chi connectivity index (χ2n) is 6.98. The minimum atomic E-state index is -3.56. The van der Waals surface area contributed by atoms with E-state index in [2.05, 4.69) is 19.6 Å². The Morgan fingerprint density at radius 3 is 2.38 bits per heavy atom. The molecule has 0 bridgehead atoms. The van der Waals surface area contributed by atoms with Crippen molar-refractivity contribution >= 4 is 10.0 Å². The molecule has 1 fully saturated rings. The van der Waals surface area contributed by atoms with Crippen LogP contribution < -0.4 is 9.46 Å². The fraction of sp³-hybridized carbons (Fsp3) is 0.400. The van der Waals surface area contributed by atoms with Crippen molar-refractivity contribution in [3.05, 3.63) is 65.0 Å². The zero-order valence-electron chi connectivity index (χ0n) is 16.1. The number of nitrogens with zero attached hydrogens (tertiary/aromatic N) is 4.